The van der Waals surface area contributed by atoms with Crippen LogP contribution in [0, 0.1) is 0 Å². The normalized spacial score (nSPS) is 11.0. The summed E-state index contributed by atoms with van der Waals surface area (Å²) < 4.78 is 35.9. The Bertz CT molecular complexity index is 541. The Kier molecular flexibility index (Phi) is 4.51. The van der Waals surface area contributed by atoms with Gasteiger partial charge in [0.2, 0.25) is 15.9 Å². The van der Waals surface area contributed by atoms with Gasteiger partial charge in [0, 0.05) is 0 Å². The molecule has 1 aromatic rings. The minimum absolute atomic E-state index is 0.0666. The van der Waals surface area contributed by atoms with Crippen molar-refractivity contribution in [2.45, 2.75) is 4.90 Å². The zero-order valence-electron chi connectivity index (χ0n) is 9.97. The number of carbonyl (C=O) groups is 1. The van der Waals surface area contributed by atoms with Crippen LogP contribution in [0.3, 0.4) is 0 Å². The van der Waals surface area contributed by atoms with Gasteiger partial charge >= 0.3 is 0 Å². The summed E-state index contributed by atoms with van der Waals surface area (Å²) in [6.45, 7) is -0.483. The lowest BCUT2D eigenvalue weighted by atomic mass is 10.3. The SMILES string of the molecule is COc1cccc(S(=O)(=O)NCC(N)=O)c1OC. The van der Waals surface area contributed by atoms with Crippen LogP contribution in [0.2, 0.25) is 0 Å². The molecule has 1 rings (SSSR count). The number of primary amides is 1. The monoisotopic (exact) mass is 274 g/mol. The summed E-state index contributed by atoms with van der Waals surface area (Å²) in [4.78, 5) is 10.5. The van der Waals surface area contributed by atoms with Crippen LogP contribution in [0.25, 0.3) is 0 Å². The third-order valence-corrected chi connectivity index (χ3v) is 3.52. The van der Waals surface area contributed by atoms with Crippen molar-refractivity contribution in [2.75, 3.05) is 20.8 Å². The Morgan fingerprint density at radius 3 is 2.50 bits per heavy atom. The highest BCUT2D eigenvalue weighted by atomic mass is 32.2. The number of hydrogen-bond donors (Lipinski definition) is 2. The van der Waals surface area contributed by atoms with Gasteiger partial charge in [-0.3, -0.25) is 4.79 Å². The van der Waals surface area contributed by atoms with Crippen molar-refractivity contribution in [1.82, 2.24) is 4.72 Å². The molecule has 0 fully saturated rings. The van der Waals surface area contributed by atoms with Gasteiger partial charge in [-0.1, -0.05) is 6.07 Å². The van der Waals surface area contributed by atoms with Gasteiger partial charge in [0.25, 0.3) is 0 Å². The van der Waals surface area contributed by atoms with Gasteiger partial charge in [-0.25, -0.2) is 13.1 Å². The van der Waals surface area contributed by atoms with Crippen LogP contribution in [0.15, 0.2) is 23.1 Å². The summed E-state index contributed by atoms with van der Waals surface area (Å²) in [6, 6.07) is 4.40. The zero-order chi connectivity index (χ0) is 13.8. The standard InChI is InChI=1S/C10H14N2O5S/c1-16-7-4-3-5-8(10(7)17-2)18(14,15)12-6-9(11)13/h3-5,12H,6H2,1-2H3,(H2,11,13). The molecule has 0 aliphatic carbocycles. The van der Waals surface area contributed by atoms with E-state index in [0.717, 1.165) is 0 Å². The second kappa shape index (κ2) is 5.69. The zero-order valence-corrected chi connectivity index (χ0v) is 10.8. The Hall–Kier alpha value is -1.80. The second-order valence-electron chi connectivity index (χ2n) is 3.28. The van der Waals surface area contributed by atoms with E-state index in [1.54, 1.807) is 6.07 Å². The summed E-state index contributed by atoms with van der Waals surface area (Å²) in [5.74, 6) is -0.433. The van der Waals surface area contributed by atoms with Crippen molar-refractivity contribution >= 4 is 15.9 Å². The number of carbonyl (C=O) groups excluding carboxylic acids is 1. The van der Waals surface area contributed by atoms with E-state index in [2.05, 4.69) is 4.72 Å². The van der Waals surface area contributed by atoms with E-state index in [4.69, 9.17) is 15.2 Å². The minimum atomic E-state index is -3.89. The number of hydrogen-bond acceptors (Lipinski definition) is 5. The first-order chi connectivity index (χ1) is 8.42. The van der Waals surface area contributed by atoms with Crippen LogP contribution in [0.5, 0.6) is 11.5 Å². The highest BCUT2D eigenvalue weighted by Crippen LogP contribution is 2.33. The number of nitrogens with two attached hydrogens (primary N) is 1. The molecule has 0 aliphatic heterocycles. The Morgan fingerprint density at radius 2 is 2.00 bits per heavy atom. The summed E-state index contributed by atoms with van der Waals surface area (Å²) in [5.41, 5.74) is 4.88. The van der Waals surface area contributed by atoms with Crippen LogP contribution >= 0.6 is 0 Å². The molecule has 0 aromatic heterocycles. The van der Waals surface area contributed by atoms with E-state index in [-0.39, 0.29) is 16.4 Å². The van der Waals surface area contributed by atoms with Gasteiger partial charge in [0.15, 0.2) is 11.5 Å². The predicted molar refractivity (Wildman–Crippen MR) is 63.9 cm³/mol. The fraction of sp³-hybridized carbons (Fsp3) is 0.300. The van der Waals surface area contributed by atoms with Gasteiger partial charge in [-0.2, -0.15) is 0 Å². The molecule has 0 aliphatic rings. The molecular formula is C10H14N2O5S. The van der Waals surface area contributed by atoms with E-state index < -0.39 is 22.5 Å². The third-order valence-electron chi connectivity index (χ3n) is 2.09. The molecule has 0 spiro atoms. The lowest BCUT2D eigenvalue weighted by Crippen LogP contribution is -2.33. The van der Waals surface area contributed by atoms with Crippen molar-refractivity contribution < 1.29 is 22.7 Å². The molecule has 0 radical (unpaired) electrons. The summed E-state index contributed by atoms with van der Waals surface area (Å²) in [5, 5.41) is 0. The molecule has 7 nitrogen and oxygen atoms in total. The molecule has 8 heteroatoms. The average molecular weight is 274 g/mol. The predicted octanol–water partition coefficient (Wildman–Crippen LogP) is -0.533. The molecule has 0 saturated carbocycles. The number of methoxy groups -OCH3 is 2. The van der Waals surface area contributed by atoms with E-state index in [0.29, 0.717) is 0 Å². The first-order valence-electron chi connectivity index (χ1n) is 4.91. The number of amides is 1. The van der Waals surface area contributed by atoms with Crippen LogP contribution in [0.1, 0.15) is 0 Å². The number of nitrogens with one attached hydrogen (secondary N) is 1. The van der Waals surface area contributed by atoms with Crippen LogP contribution in [-0.2, 0) is 14.8 Å². The van der Waals surface area contributed by atoms with Crippen LogP contribution in [-0.4, -0.2) is 35.1 Å². The molecule has 0 bridgehead atoms. The lowest BCUT2D eigenvalue weighted by molar-refractivity contribution is -0.116. The van der Waals surface area contributed by atoms with Gasteiger partial charge in [0.05, 0.1) is 20.8 Å². The number of ether oxygens (including phenoxy) is 2. The van der Waals surface area contributed by atoms with Gasteiger partial charge < -0.3 is 15.2 Å². The van der Waals surface area contributed by atoms with E-state index in [9.17, 15) is 13.2 Å². The fourth-order valence-electron chi connectivity index (χ4n) is 1.31. The highest BCUT2D eigenvalue weighted by molar-refractivity contribution is 7.89. The van der Waals surface area contributed by atoms with Gasteiger partial charge in [0.1, 0.15) is 4.90 Å². The molecule has 0 unspecified atom stereocenters. The van der Waals surface area contributed by atoms with Gasteiger partial charge in [-0.15, -0.1) is 0 Å². The maximum Gasteiger partial charge on any atom is 0.244 e. The molecule has 0 atom stereocenters. The molecule has 1 aromatic carbocycles. The highest BCUT2D eigenvalue weighted by Gasteiger charge is 2.22. The Balaban J connectivity index is 3.19. The van der Waals surface area contributed by atoms with Crippen LogP contribution in [0.4, 0.5) is 0 Å². The minimum Gasteiger partial charge on any atom is -0.493 e. The van der Waals surface area contributed by atoms with Crippen molar-refractivity contribution in [3.8, 4) is 11.5 Å². The number of rotatable bonds is 6. The third kappa shape index (κ3) is 3.11. The molecule has 0 saturated heterocycles. The van der Waals surface area contributed by atoms with Crippen molar-refractivity contribution in [3.05, 3.63) is 18.2 Å². The quantitative estimate of drug-likeness (QED) is 0.725. The van der Waals surface area contributed by atoms with Crippen molar-refractivity contribution in [3.63, 3.8) is 0 Å². The molecule has 3 N–H and O–H groups in total. The fourth-order valence-corrected chi connectivity index (χ4v) is 2.49. The smallest absolute Gasteiger partial charge is 0.244 e. The molecule has 18 heavy (non-hydrogen) atoms. The van der Waals surface area contributed by atoms with Crippen molar-refractivity contribution in [1.29, 1.82) is 0 Å². The number of para-hydroxylation sites is 1. The average Bonchev–Trinajstić information content (AvgIpc) is 2.35. The number of benzene rings is 1. The molecule has 100 valence electrons. The molecule has 1 amide bonds. The maximum absolute atomic E-state index is 11.9. The van der Waals surface area contributed by atoms with Crippen molar-refractivity contribution in [2.24, 2.45) is 5.73 Å². The first-order valence-corrected chi connectivity index (χ1v) is 6.39. The largest absolute Gasteiger partial charge is 0.493 e. The molecule has 0 heterocycles. The van der Waals surface area contributed by atoms with Crippen LogP contribution < -0.4 is 19.9 Å². The first kappa shape index (κ1) is 14.3. The van der Waals surface area contributed by atoms with Gasteiger partial charge in [-0.05, 0) is 12.1 Å². The Labute approximate surface area is 105 Å². The summed E-state index contributed by atoms with van der Waals surface area (Å²) >= 11 is 0. The molecular weight excluding hydrogens is 260 g/mol. The number of sulfonamides is 1. The summed E-state index contributed by atoms with van der Waals surface area (Å²) in [7, 11) is -1.17. The summed E-state index contributed by atoms with van der Waals surface area (Å²) in [6.07, 6.45) is 0. The van der Waals surface area contributed by atoms with E-state index >= 15 is 0 Å². The topological polar surface area (TPSA) is 108 Å². The lowest BCUT2D eigenvalue weighted by Gasteiger charge is -2.12. The van der Waals surface area contributed by atoms with E-state index in [1.807, 2.05) is 0 Å². The Morgan fingerprint density at radius 1 is 1.33 bits per heavy atom. The van der Waals surface area contributed by atoms with E-state index in [1.165, 1.54) is 26.4 Å². The maximum atomic E-state index is 11.9. The second-order valence-corrected chi connectivity index (χ2v) is 5.02.